The Morgan fingerprint density at radius 3 is 2.14 bits per heavy atom. The molecule has 0 aromatic heterocycles. The molecule has 7 heteroatoms. The number of unbranched alkanes of at least 4 members (excludes halogenated alkanes) is 2. The summed E-state index contributed by atoms with van der Waals surface area (Å²) in [5.74, 6) is -6.47. The molecule has 0 aromatic rings. The number of esters is 2. The topological polar surface area (TPSA) is 107 Å². The first kappa shape index (κ1) is 22.8. The summed E-state index contributed by atoms with van der Waals surface area (Å²) in [7, 11) is 2.48. The zero-order valence-electron chi connectivity index (χ0n) is 17.5. The molecule has 0 heterocycles. The number of hydrogen-bond acceptors (Lipinski definition) is 6. The lowest BCUT2D eigenvalue weighted by Crippen LogP contribution is -2.42. The van der Waals surface area contributed by atoms with Crippen molar-refractivity contribution < 1.29 is 33.8 Å². The number of fused-ring (bicyclic) bond motifs is 1. The van der Waals surface area contributed by atoms with E-state index in [0.717, 1.165) is 19.3 Å². The van der Waals surface area contributed by atoms with Gasteiger partial charge in [0.1, 0.15) is 5.57 Å². The van der Waals surface area contributed by atoms with Crippen LogP contribution in [0.3, 0.4) is 0 Å². The van der Waals surface area contributed by atoms with Gasteiger partial charge in [0.25, 0.3) is 0 Å². The molecule has 1 N–H and O–H groups in total. The van der Waals surface area contributed by atoms with Gasteiger partial charge in [0, 0.05) is 11.8 Å². The lowest BCUT2D eigenvalue weighted by atomic mass is 9.65. The van der Waals surface area contributed by atoms with Crippen LogP contribution >= 0.6 is 0 Å². The van der Waals surface area contributed by atoms with Gasteiger partial charge in [-0.1, -0.05) is 38.3 Å². The van der Waals surface area contributed by atoms with E-state index in [1.54, 1.807) is 0 Å². The third-order valence-electron chi connectivity index (χ3n) is 5.95. The molecule has 29 heavy (non-hydrogen) atoms. The molecule has 0 aliphatic heterocycles. The predicted molar refractivity (Wildman–Crippen MR) is 105 cm³/mol. The Labute approximate surface area is 171 Å². The second-order valence-corrected chi connectivity index (χ2v) is 7.62. The van der Waals surface area contributed by atoms with Crippen LogP contribution in [0.4, 0.5) is 0 Å². The minimum atomic E-state index is -1.13. The second kappa shape index (κ2) is 9.85. The number of carboxylic acids is 1. The fourth-order valence-electron chi connectivity index (χ4n) is 4.60. The van der Waals surface area contributed by atoms with Crippen molar-refractivity contribution in [3.05, 3.63) is 22.8 Å². The summed E-state index contributed by atoms with van der Waals surface area (Å²) in [6.07, 6.45) is 5.73. The van der Waals surface area contributed by atoms with Crippen LogP contribution in [0.1, 0.15) is 52.4 Å². The molecule has 2 rings (SSSR count). The Bertz CT molecular complexity index is 746. The van der Waals surface area contributed by atoms with Gasteiger partial charge in [-0.3, -0.25) is 14.4 Å². The molecule has 0 fully saturated rings. The van der Waals surface area contributed by atoms with Crippen LogP contribution in [0.2, 0.25) is 0 Å². The van der Waals surface area contributed by atoms with Crippen molar-refractivity contribution in [1.29, 1.82) is 0 Å². The Balaban J connectivity index is 2.69. The molecule has 0 saturated heterocycles. The van der Waals surface area contributed by atoms with Crippen molar-refractivity contribution in [3.8, 4) is 0 Å². The van der Waals surface area contributed by atoms with E-state index >= 15 is 0 Å². The van der Waals surface area contributed by atoms with Gasteiger partial charge in [0.2, 0.25) is 0 Å². The van der Waals surface area contributed by atoms with Crippen LogP contribution in [0, 0.1) is 23.7 Å². The fraction of sp³-hybridized carbons (Fsp3) is 0.636. The van der Waals surface area contributed by atoms with Crippen molar-refractivity contribution in [2.24, 2.45) is 23.7 Å². The van der Waals surface area contributed by atoms with E-state index in [-0.39, 0.29) is 5.57 Å². The molecule has 0 bridgehead atoms. The van der Waals surface area contributed by atoms with E-state index in [1.807, 2.05) is 13.8 Å². The van der Waals surface area contributed by atoms with Crippen molar-refractivity contribution in [3.63, 3.8) is 0 Å². The first-order valence-electron chi connectivity index (χ1n) is 10.2. The monoisotopic (exact) mass is 406 g/mol. The van der Waals surface area contributed by atoms with Gasteiger partial charge in [-0.15, -0.1) is 0 Å². The van der Waals surface area contributed by atoms with Gasteiger partial charge in [0.15, 0.2) is 5.78 Å². The Morgan fingerprint density at radius 1 is 1.00 bits per heavy atom. The van der Waals surface area contributed by atoms with Crippen molar-refractivity contribution >= 4 is 23.7 Å². The first-order chi connectivity index (χ1) is 13.8. The maximum absolute atomic E-state index is 13.2. The number of rotatable bonds is 9. The average Bonchev–Trinajstić information content (AvgIpc) is 3.00. The zero-order chi connectivity index (χ0) is 21.7. The SMILES string of the molecule is CCCCC1=C[C@@H](C(=O)O)[C@@H]2C(=O)C(C(=O)OC)=C(CCCC)[C@@H]2[C@@H]1C(=O)OC. The summed E-state index contributed by atoms with van der Waals surface area (Å²) in [5.41, 5.74) is 1.14. The number of aliphatic carboxylic acids is 1. The highest BCUT2D eigenvalue weighted by Crippen LogP contribution is 2.52. The second-order valence-electron chi connectivity index (χ2n) is 7.62. The highest BCUT2D eigenvalue weighted by atomic mass is 16.5. The van der Waals surface area contributed by atoms with E-state index in [9.17, 15) is 24.3 Å². The maximum atomic E-state index is 13.2. The van der Waals surface area contributed by atoms with E-state index in [4.69, 9.17) is 9.47 Å². The summed E-state index contributed by atoms with van der Waals surface area (Å²) in [4.78, 5) is 50.4. The van der Waals surface area contributed by atoms with Gasteiger partial charge >= 0.3 is 17.9 Å². The number of carbonyl (C=O) groups excluding carboxylic acids is 3. The summed E-state index contributed by atoms with van der Waals surface area (Å²) in [5, 5.41) is 9.83. The highest BCUT2D eigenvalue weighted by Gasteiger charge is 2.56. The largest absolute Gasteiger partial charge is 0.481 e. The van der Waals surface area contributed by atoms with Gasteiger partial charge in [-0.25, -0.2) is 4.79 Å². The third-order valence-corrected chi connectivity index (χ3v) is 5.95. The minimum Gasteiger partial charge on any atom is -0.481 e. The zero-order valence-corrected chi connectivity index (χ0v) is 17.5. The Morgan fingerprint density at radius 2 is 1.62 bits per heavy atom. The molecule has 4 atom stereocenters. The van der Waals surface area contributed by atoms with Gasteiger partial charge in [-0.05, 0) is 31.3 Å². The number of carbonyl (C=O) groups is 4. The highest BCUT2D eigenvalue weighted by molar-refractivity contribution is 6.21. The van der Waals surface area contributed by atoms with Crippen LogP contribution in [-0.2, 0) is 28.7 Å². The smallest absolute Gasteiger partial charge is 0.341 e. The van der Waals surface area contributed by atoms with Crippen LogP contribution in [-0.4, -0.2) is 43.0 Å². The standard InChI is InChI=1S/C22H30O7/c1-5-7-9-12-11-14(20(24)25)17-16(15(12)21(26)28-3)13(10-8-6-2)18(19(17)23)22(27)29-4/h11,14-17H,5-10H2,1-4H3,(H,24,25)/t14-,15-,16-,17+/m1/s1. The number of methoxy groups -OCH3 is 2. The van der Waals surface area contributed by atoms with E-state index in [2.05, 4.69) is 0 Å². The number of Topliss-reactive ketones (excluding diaryl/α,β-unsaturated/α-hetero) is 1. The molecule has 0 amide bonds. The number of allylic oxidation sites excluding steroid dienone is 1. The van der Waals surface area contributed by atoms with E-state index in [0.29, 0.717) is 30.4 Å². The van der Waals surface area contributed by atoms with Crippen molar-refractivity contribution in [2.45, 2.75) is 52.4 Å². The summed E-state index contributed by atoms with van der Waals surface area (Å²) >= 11 is 0. The number of ether oxygens (including phenoxy) is 2. The average molecular weight is 406 g/mol. The quantitative estimate of drug-likeness (QED) is 0.356. The molecular formula is C22H30O7. The molecule has 0 saturated carbocycles. The predicted octanol–water partition coefficient (Wildman–Crippen LogP) is 3.08. The van der Waals surface area contributed by atoms with Crippen molar-refractivity contribution in [2.75, 3.05) is 14.2 Å². The van der Waals surface area contributed by atoms with Crippen LogP contribution in [0.15, 0.2) is 22.8 Å². The van der Waals surface area contributed by atoms with Gasteiger partial charge in [-0.2, -0.15) is 0 Å². The number of carboxylic acid groups (broad SMARTS) is 1. The van der Waals surface area contributed by atoms with Crippen LogP contribution in [0.25, 0.3) is 0 Å². The minimum absolute atomic E-state index is 0.0822. The lowest BCUT2D eigenvalue weighted by molar-refractivity contribution is -0.151. The molecule has 0 radical (unpaired) electrons. The summed E-state index contributed by atoms with van der Waals surface area (Å²) < 4.78 is 9.87. The maximum Gasteiger partial charge on any atom is 0.341 e. The van der Waals surface area contributed by atoms with Crippen LogP contribution < -0.4 is 0 Å². The van der Waals surface area contributed by atoms with Gasteiger partial charge in [0.05, 0.1) is 26.1 Å². The molecular weight excluding hydrogens is 376 g/mol. The number of hydrogen-bond donors (Lipinski definition) is 1. The molecule has 2 aliphatic rings. The first-order valence-corrected chi connectivity index (χ1v) is 10.2. The third kappa shape index (κ3) is 4.28. The van der Waals surface area contributed by atoms with Crippen molar-refractivity contribution in [1.82, 2.24) is 0 Å². The molecule has 2 aliphatic carbocycles. The molecule has 0 aromatic carbocycles. The fourth-order valence-corrected chi connectivity index (χ4v) is 4.60. The number of ketones is 1. The molecule has 7 nitrogen and oxygen atoms in total. The Kier molecular flexibility index (Phi) is 7.76. The lowest BCUT2D eigenvalue weighted by Gasteiger charge is -2.37. The molecule has 0 unspecified atom stereocenters. The molecule has 160 valence electrons. The Hall–Kier alpha value is -2.44. The van der Waals surface area contributed by atoms with E-state index < -0.39 is 47.4 Å². The summed E-state index contributed by atoms with van der Waals surface area (Å²) in [6, 6.07) is 0. The van der Waals surface area contributed by atoms with Gasteiger partial charge < -0.3 is 14.6 Å². The van der Waals surface area contributed by atoms with Crippen LogP contribution in [0.5, 0.6) is 0 Å². The normalized spacial score (nSPS) is 26.1. The summed E-state index contributed by atoms with van der Waals surface area (Å²) in [6.45, 7) is 3.99. The van der Waals surface area contributed by atoms with E-state index in [1.165, 1.54) is 20.3 Å². The molecule has 0 spiro atoms.